The van der Waals surface area contributed by atoms with Crippen molar-refractivity contribution in [2.24, 2.45) is 0 Å². The van der Waals surface area contributed by atoms with Gasteiger partial charge >= 0.3 is 12.3 Å². The van der Waals surface area contributed by atoms with Gasteiger partial charge in [0, 0.05) is 6.92 Å². The van der Waals surface area contributed by atoms with Gasteiger partial charge in [-0.1, -0.05) is 0 Å². The fourth-order valence-corrected chi connectivity index (χ4v) is 0.268. The zero-order valence-electron chi connectivity index (χ0n) is 6.00. The first-order valence-electron chi connectivity index (χ1n) is 2.73. The van der Waals surface area contributed by atoms with E-state index in [4.69, 9.17) is 5.21 Å². The first-order valence-corrected chi connectivity index (χ1v) is 2.73. The third-order valence-electron chi connectivity index (χ3n) is 0.696. The molecule has 0 amide bonds. The predicted octanol–water partition coefficient (Wildman–Crippen LogP) is 1.23. The van der Waals surface area contributed by atoms with Crippen molar-refractivity contribution < 1.29 is 27.9 Å². The van der Waals surface area contributed by atoms with Crippen LogP contribution in [0.4, 0.5) is 13.2 Å². The molecule has 0 bridgehead atoms. The summed E-state index contributed by atoms with van der Waals surface area (Å²) in [5.74, 6) is -0.776. The molecule has 0 spiro atoms. The largest absolute Gasteiger partial charge is 0.507 e. The van der Waals surface area contributed by atoms with Crippen LogP contribution in [0.5, 0.6) is 0 Å². The van der Waals surface area contributed by atoms with Gasteiger partial charge in [-0.25, -0.2) is 0 Å². The van der Waals surface area contributed by atoms with Crippen LogP contribution in [0.25, 0.3) is 0 Å². The molecular weight excluding hydrogens is 179 g/mol. The minimum atomic E-state index is -4.89. The number of hydrogen-bond donors (Lipinski definition) is 1. The van der Waals surface area contributed by atoms with E-state index in [1.54, 1.807) is 0 Å². The van der Waals surface area contributed by atoms with Crippen molar-refractivity contribution in [2.75, 3.05) is 0 Å². The van der Waals surface area contributed by atoms with E-state index in [9.17, 15) is 18.0 Å². The number of alkyl halides is 3. The van der Waals surface area contributed by atoms with Crippen molar-refractivity contribution in [3.63, 3.8) is 0 Å². The second kappa shape index (κ2) is 3.96. The van der Waals surface area contributed by atoms with Crippen molar-refractivity contribution in [3.05, 3.63) is 12.5 Å². The topological polar surface area (TPSA) is 49.8 Å². The van der Waals surface area contributed by atoms with Crippen LogP contribution in [-0.4, -0.2) is 22.5 Å². The molecule has 0 rings (SSSR count). The molecule has 0 aliphatic heterocycles. The highest BCUT2D eigenvalue weighted by Crippen LogP contribution is 2.18. The second-order valence-corrected chi connectivity index (χ2v) is 1.71. The average molecular weight is 185 g/mol. The molecule has 4 nitrogen and oxygen atoms in total. The number of nitrogens with zero attached hydrogens (tertiary/aromatic N) is 1. The summed E-state index contributed by atoms with van der Waals surface area (Å²) in [7, 11) is 0. The molecule has 0 fully saturated rings. The van der Waals surface area contributed by atoms with E-state index in [1.807, 2.05) is 0 Å². The Hall–Kier alpha value is -1.24. The maximum Gasteiger partial charge on any atom is 0.507 e. The van der Waals surface area contributed by atoms with Crippen LogP contribution in [0.1, 0.15) is 6.92 Å². The van der Waals surface area contributed by atoms with Crippen molar-refractivity contribution >= 4 is 5.97 Å². The highest BCUT2D eigenvalue weighted by atomic mass is 19.4. The van der Waals surface area contributed by atoms with E-state index in [1.165, 1.54) is 0 Å². The molecule has 0 aromatic heterocycles. The lowest BCUT2D eigenvalue weighted by Gasteiger charge is -2.13. The zero-order valence-corrected chi connectivity index (χ0v) is 6.00. The number of esters is 1. The molecule has 0 aliphatic rings. The summed E-state index contributed by atoms with van der Waals surface area (Å²) in [6, 6.07) is 0. The molecule has 0 saturated carbocycles. The molecule has 0 unspecified atom stereocenters. The summed E-state index contributed by atoms with van der Waals surface area (Å²) in [4.78, 5) is 10.0. The molecule has 1 N–H and O–H groups in total. The normalized spacial score (nSPS) is 11.8. The third-order valence-corrected chi connectivity index (χ3v) is 0.696. The molecule has 0 aromatic carbocycles. The van der Waals surface area contributed by atoms with Gasteiger partial charge < -0.3 is 4.74 Å². The first-order chi connectivity index (χ1) is 5.34. The highest BCUT2D eigenvalue weighted by Gasteiger charge is 2.34. The molecular formula is C5H6F3NO3. The number of carbonyl (C=O) groups excluding carboxylic acids is 1. The first kappa shape index (κ1) is 10.8. The van der Waals surface area contributed by atoms with Gasteiger partial charge in [-0.2, -0.15) is 5.06 Å². The van der Waals surface area contributed by atoms with Crippen molar-refractivity contribution in [2.45, 2.75) is 13.2 Å². The summed E-state index contributed by atoms with van der Waals surface area (Å²) in [5, 5.41) is 7.10. The van der Waals surface area contributed by atoms with Crippen LogP contribution in [0.3, 0.4) is 0 Å². The lowest BCUT2D eigenvalue weighted by molar-refractivity contribution is -0.328. The van der Waals surface area contributed by atoms with E-state index >= 15 is 0 Å². The Morgan fingerprint density at radius 2 is 2.08 bits per heavy atom. The van der Waals surface area contributed by atoms with Crippen LogP contribution in [0, 0.1) is 0 Å². The van der Waals surface area contributed by atoms with E-state index in [2.05, 4.69) is 4.74 Å². The van der Waals surface area contributed by atoms with Crippen LogP contribution < -0.4 is 0 Å². The van der Waals surface area contributed by atoms with Gasteiger partial charge in [0.05, 0.1) is 6.20 Å². The Kier molecular flexibility index (Phi) is 3.55. The molecule has 0 aliphatic carbocycles. The summed E-state index contributed by atoms with van der Waals surface area (Å²) < 4.78 is 38.4. The zero-order chi connectivity index (χ0) is 9.78. The highest BCUT2D eigenvalue weighted by molar-refractivity contribution is 5.66. The molecule has 0 aromatic rings. The third kappa shape index (κ3) is 4.56. The Morgan fingerprint density at radius 1 is 1.58 bits per heavy atom. The number of rotatable bonds is 2. The van der Waals surface area contributed by atoms with Crippen LogP contribution in [0.2, 0.25) is 0 Å². The van der Waals surface area contributed by atoms with Gasteiger partial charge in [-0.15, -0.1) is 13.2 Å². The maximum absolute atomic E-state index is 11.5. The van der Waals surface area contributed by atoms with Gasteiger partial charge in [0.2, 0.25) is 0 Å². The van der Waals surface area contributed by atoms with Crippen LogP contribution >= 0.6 is 0 Å². The fraction of sp³-hybridized carbons (Fsp3) is 0.400. The Bertz CT molecular complexity index is 189. The SMILES string of the molecule is CC(=O)OC=CN(O)C(F)(F)F. The summed E-state index contributed by atoms with van der Waals surface area (Å²) in [5.41, 5.74) is 0. The number of carbonyl (C=O) groups is 1. The Morgan fingerprint density at radius 3 is 2.42 bits per heavy atom. The van der Waals surface area contributed by atoms with Crippen LogP contribution in [-0.2, 0) is 9.53 Å². The van der Waals surface area contributed by atoms with E-state index in [-0.39, 0.29) is 6.20 Å². The van der Waals surface area contributed by atoms with Crippen LogP contribution in [0.15, 0.2) is 12.5 Å². The van der Waals surface area contributed by atoms with Crippen molar-refractivity contribution in [1.82, 2.24) is 5.06 Å². The maximum atomic E-state index is 11.5. The van der Waals surface area contributed by atoms with E-state index in [0.717, 1.165) is 6.92 Å². The monoisotopic (exact) mass is 185 g/mol. The molecule has 7 heteroatoms. The molecule has 0 heterocycles. The van der Waals surface area contributed by atoms with E-state index < -0.39 is 17.3 Å². The Balaban J connectivity index is 3.92. The quantitative estimate of drug-likeness (QED) is 0.304. The molecule has 0 saturated heterocycles. The molecule has 70 valence electrons. The van der Waals surface area contributed by atoms with Gasteiger partial charge in [0.15, 0.2) is 0 Å². The standard InChI is InChI=1S/C5H6F3NO3/c1-4(10)12-3-2-9(11)5(6,7)8/h2-3,11H,1H3. The van der Waals surface area contributed by atoms with Crippen molar-refractivity contribution in [3.8, 4) is 0 Å². The van der Waals surface area contributed by atoms with Crippen molar-refractivity contribution in [1.29, 1.82) is 0 Å². The number of halogens is 3. The minimum Gasteiger partial charge on any atom is -0.433 e. The van der Waals surface area contributed by atoms with Gasteiger partial charge in [0.25, 0.3) is 0 Å². The van der Waals surface area contributed by atoms with Gasteiger partial charge in [0.1, 0.15) is 6.26 Å². The number of hydroxylamine groups is 2. The van der Waals surface area contributed by atoms with Gasteiger partial charge in [-0.3, -0.25) is 10.0 Å². The second-order valence-electron chi connectivity index (χ2n) is 1.71. The van der Waals surface area contributed by atoms with E-state index in [0.29, 0.717) is 6.26 Å². The molecule has 0 radical (unpaired) electrons. The lowest BCUT2D eigenvalue weighted by atomic mass is 10.8. The number of hydrogen-bond acceptors (Lipinski definition) is 4. The summed E-state index contributed by atoms with van der Waals surface area (Å²) in [6.07, 6.45) is -4.30. The number of ether oxygens (including phenoxy) is 1. The minimum absolute atomic E-state index is 0.168. The molecule has 12 heavy (non-hydrogen) atoms. The fourth-order valence-electron chi connectivity index (χ4n) is 0.268. The average Bonchev–Trinajstić information content (AvgIpc) is 1.84. The summed E-state index contributed by atoms with van der Waals surface area (Å²) in [6.45, 7) is 1.01. The Labute approximate surface area is 65.8 Å². The van der Waals surface area contributed by atoms with Gasteiger partial charge in [-0.05, 0) is 0 Å². The molecule has 0 atom stereocenters. The smallest absolute Gasteiger partial charge is 0.433 e. The summed E-state index contributed by atoms with van der Waals surface area (Å²) >= 11 is 0. The predicted molar refractivity (Wildman–Crippen MR) is 30.6 cm³/mol. The lowest BCUT2D eigenvalue weighted by Crippen LogP contribution is -2.29.